The van der Waals surface area contributed by atoms with Crippen LogP contribution in [0.2, 0.25) is 0 Å². The molecule has 1 atom stereocenters. The van der Waals surface area contributed by atoms with Crippen LogP contribution >= 0.6 is 0 Å². The minimum atomic E-state index is 0.781. The van der Waals surface area contributed by atoms with Crippen molar-refractivity contribution in [1.82, 2.24) is 5.32 Å². The van der Waals surface area contributed by atoms with E-state index in [1.165, 1.54) is 44.1 Å². The van der Waals surface area contributed by atoms with Gasteiger partial charge >= 0.3 is 0 Å². The van der Waals surface area contributed by atoms with Gasteiger partial charge in [-0.15, -0.1) is 0 Å². The summed E-state index contributed by atoms with van der Waals surface area (Å²) in [6.07, 6.45) is 8.33. The van der Waals surface area contributed by atoms with Gasteiger partial charge in [0.2, 0.25) is 0 Å². The second-order valence-electron chi connectivity index (χ2n) is 6.02. The highest BCUT2D eigenvalue weighted by molar-refractivity contribution is 5.27. The first kappa shape index (κ1) is 15.4. The molecule has 0 bridgehead atoms. The van der Waals surface area contributed by atoms with E-state index in [0.717, 1.165) is 30.7 Å². The third kappa shape index (κ3) is 4.52. The maximum Gasteiger partial charge on any atom is 0.118 e. The molecule has 0 saturated heterocycles. The first-order valence-corrected chi connectivity index (χ1v) is 8.17. The van der Waals surface area contributed by atoms with E-state index in [1.54, 1.807) is 7.11 Å². The highest BCUT2D eigenvalue weighted by Gasteiger charge is 2.23. The van der Waals surface area contributed by atoms with Crippen LogP contribution in [0.4, 0.5) is 0 Å². The number of rotatable bonds is 7. The predicted octanol–water partition coefficient (Wildman–Crippen LogP) is 4.04. The summed E-state index contributed by atoms with van der Waals surface area (Å²) in [6.45, 7) is 4.43. The zero-order valence-corrected chi connectivity index (χ0v) is 13.0. The number of nitrogens with one attached hydrogen (secondary N) is 1. The number of hydrogen-bond acceptors (Lipinski definition) is 2. The van der Waals surface area contributed by atoms with E-state index in [0.29, 0.717) is 0 Å². The average Bonchev–Trinajstić information content (AvgIpc) is 2.53. The van der Waals surface area contributed by atoms with E-state index >= 15 is 0 Å². The Morgan fingerprint density at radius 2 is 1.85 bits per heavy atom. The normalized spacial score (nSPS) is 17.9. The lowest BCUT2D eigenvalue weighted by Gasteiger charge is -2.30. The quantitative estimate of drug-likeness (QED) is 0.811. The average molecular weight is 275 g/mol. The molecule has 0 spiro atoms. The molecule has 1 aromatic carbocycles. The van der Waals surface area contributed by atoms with Gasteiger partial charge in [-0.3, -0.25) is 0 Å². The minimum absolute atomic E-state index is 0.781. The van der Waals surface area contributed by atoms with Crippen molar-refractivity contribution in [2.75, 3.05) is 20.2 Å². The van der Waals surface area contributed by atoms with Gasteiger partial charge in [-0.2, -0.15) is 0 Å². The van der Waals surface area contributed by atoms with E-state index in [2.05, 4.69) is 36.5 Å². The van der Waals surface area contributed by atoms with Gasteiger partial charge in [-0.05, 0) is 49.0 Å². The van der Waals surface area contributed by atoms with Crippen molar-refractivity contribution in [3.63, 3.8) is 0 Å². The van der Waals surface area contributed by atoms with Gasteiger partial charge in [0.1, 0.15) is 5.75 Å². The Hall–Kier alpha value is -1.02. The summed E-state index contributed by atoms with van der Waals surface area (Å²) in [5, 5.41) is 3.56. The maximum absolute atomic E-state index is 5.24. The smallest absolute Gasteiger partial charge is 0.118 e. The minimum Gasteiger partial charge on any atom is -0.497 e. The third-order valence-electron chi connectivity index (χ3n) is 4.63. The van der Waals surface area contributed by atoms with Gasteiger partial charge in [0.25, 0.3) is 0 Å². The van der Waals surface area contributed by atoms with Crippen molar-refractivity contribution in [1.29, 1.82) is 0 Å². The summed E-state index contributed by atoms with van der Waals surface area (Å²) < 4.78 is 5.24. The van der Waals surface area contributed by atoms with E-state index in [-0.39, 0.29) is 0 Å². The number of methoxy groups -OCH3 is 1. The molecule has 0 aromatic heterocycles. The Kier molecular flexibility index (Phi) is 6.38. The molecule has 1 aromatic rings. The van der Waals surface area contributed by atoms with E-state index < -0.39 is 0 Å². The third-order valence-corrected chi connectivity index (χ3v) is 4.63. The van der Waals surface area contributed by atoms with Crippen LogP contribution in [0.25, 0.3) is 0 Å². The monoisotopic (exact) mass is 275 g/mol. The number of benzene rings is 1. The first-order valence-electron chi connectivity index (χ1n) is 8.17. The van der Waals surface area contributed by atoms with Crippen LogP contribution in [0.1, 0.15) is 44.6 Å². The SMILES string of the molecule is CCNCC(Cc1ccc(OC)cc1)C1CCCCC1. The number of hydrogen-bond donors (Lipinski definition) is 1. The molecule has 0 amide bonds. The zero-order chi connectivity index (χ0) is 14.2. The summed E-state index contributed by atoms with van der Waals surface area (Å²) in [5.74, 6) is 2.64. The van der Waals surface area contributed by atoms with Gasteiger partial charge in [0.15, 0.2) is 0 Å². The Bertz CT molecular complexity index is 368. The van der Waals surface area contributed by atoms with E-state index in [1.807, 2.05) is 0 Å². The fraction of sp³-hybridized carbons (Fsp3) is 0.667. The lowest BCUT2D eigenvalue weighted by atomic mass is 9.77. The van der Waals surface area contributed by atoms with E-state index in [4.69, 9.17) is 4.74 Å². The molecule has 112 valence electrons. The zero-order valence-electron chi connectivity index (χ0n) is 13.0. The van der Waals surface area contributed by atoms with Crippen molar-refractivity contribution in [2.45, 2.75) is 45.4 Å². The van der Waals surface area contributed by atoms with Crippen LogP contribution in [0.5, 0.6) is 5.75 Å². The van der Waals surface area contributed by atoms with Gasteiger partial charge in [0.05, 0.1) is 7.11 Å². The van der Waals surface area contributed by atoms with Gasteiger partial charge in [-0.25, -0.2) is 0 Å². The van der Waals surface area contributed by atoms with Crippen LogP contribution in [-0.2, 0) is 6.42 Å². The molecule has 1 saturated carbocycles. The van der Waals surface area contributed by atoms with Crippen molar-refractivity contribution in [3.05, 3.63) is 29.8 Å². The number of ether oxygens (including phenoxy) is 1. The molecule has 2 rings (SSSR count). The molecular weight excluding hydrogens is 246 g/mol. The Balaban J connectivity index is 1.97. The van der Waals surface area contributed by atoms with Crippen LogP contribution in [0.15, 0.2) is 24.3 Å². The molecule has 2 nitrogen and oxygen atoms in total. The molecule has 20 heavy (non-hydrogen) atoms. The van der Waals surface area contributed by atoms with Crippen LogP contribution in [-0.4, -0.2) is 20.2 Å². The van der Waals surface area contributed by atoms with Crippen molar-refractivity contribution < 1.29 is 4.74 Å². The molecule has 1 N–H and O–H groups in total. The predicted molar refractivity (Wildman–Crippen MR) is 85.3 cm³/mol. The lowest BCUT2D eigenvalue weighted by Crippen LogP contribution is -2.31. The topological polar surface area (TPSA) is 21.3 Å². The standard InChI is InChI=1S/C18H29NO/c1-3-19-14-17(16-7-5-4-6-8-16)13-15-9-11-18(20-2)12-10-15/h9-12,16-17,19H,3-8,13-14H2,1-2H3. The first-order chi connectivity index (χ1) is 9.83. The Labute approximate surface area is 123 Å². The molecule has 1 aliphatic carbocycles. The fourth-order valence-corrected chi connectivity index (χ4v) is 3.41. The molecular formula is C18H29NO. The van der Waals surface area contributed by atoms with Crippen molar-refractivity contribution in [3.8, 4) is 5.75 Å². The second-order valence-corrected chi connectivity index (χ2v) is 6.02. The summed E-state index contributed by atoms with van der Waals surface area (Å²) in [6, 6.07) is 8.61. The molecule has 0 heterocycles. The largest absolute Gasteiger partial charge is 0.497 e. The summed E-state index contributed by atoms with van der Waals surface area (Å²) in [4.78, 5) is 0. The van der Waals surface area contributed by atoms with Crippen LogP contribution in [0.3, 0.4) is 0 Å². The van der Waals surface area contributed by atoms with E-state index in [9.17, 15) is 0 Å². The lowest BCUT2D eigenvalue weighted by molar-refractivity contribution is 0.240. The van der Waals surface area contributed by atoms with Gasteiger partial charge in [-0.1, -0.05) is 51.2 Å². The molecule has 1 aliphatic rings. The van der Waals surface area contributed by atoms with Crippen molar-refractivity contribution >= 4 is 0 Å². The highest BCUT2D eigenvalue weighted by atomic mass is 16.5. The highest BCUT2D eigenvalue weighted by Crippen LogP contribution is 2.32. The summed E-state index contributed by atoms with van der Waals surface area (Å²) >= 11 is 0. The van der Waals surface area contributed by atoms with Crippen LogP contribution in [0, 0.1) is 11.8 Å². The maximum atomic E-state index is 5.24. The molecule has 1 fully saturated rings. The van der Waals surface area contributed by atoms with Gasteiger partial charge < -0.3 is 10.1 Å². The summed E-state index contributed by atoms with van der Waals surface area (Å²) in [7, 11) is 1.73. The fourth-order valence-electron chi connectivity index (χ4n) is 3.41. The molecule has 0 radical (unpaired) electrons. The molecule has 0 aliphatic heterocycles. The summed E-state index contributed by atoms with van der Waals surface area (Å²) in [5.41, 5.74) is 1.44. The second kappa shape index (κ2) is 8.31. The molecule has 2 heteroatoms. The van der Waals surface area contributed by atoms with Crippen molar-refractivity contribution in [2.24, 2.45) is 11.8 Å². The van der Waals surface area contributed by atoms with Crippen LogP contribution < -0.4 is 10.1 Å². The Morgan fingerprint density at radius 3 is 2.45 bits per heavy atom. The molecule has 1 unspecified atom stereocenters. The van der Waals surface area contributed by atoms with Gasteiger partial charge in [0, 0.05) is 0 Å². The Morgan fingerprint density at radius 1 is 1.15 bits per heavy atom.